The number of rotatable bonds is 6. The Hall–Kier alpha value is -1.43. The summed E-state index contributed by atoms with van der Waals surface area (Å²) < 4.78 is 11.0. The van der Waals surface area contributed by atoms with E-state index < -0.39 is 0 Å². The number of likely N-dealkylation sites (tertiary alicyclic amines) is 1. The minimum absolute atomic E-state index is 0.0367. The van der Waals surface area contributed by atoms with Crippen molar-refractivity contribution >= 4 is 5.91 Å². The van der Waals surface area contributed by atoms with Gasteiger partial charge in [0.05, 0.1) is 18.6 Å². The lowest BCUT2D eigenvalue weighted by Crippen LogP contribution is -2.41. The molecular formula is C19H28N2O3. The molecule has 0 spiro atoms. The highest BCUT2D eigenvalue weighted by molar-refractivity contribution is 5.77. The highest BCUT2D eigenvalue weighted by Crippen LogP contribution is 2.33. The predicted octanol–water partition coefficient (Wildman–Crippen LogP) is 1.94. The number of carbonyl (C=O) groups excluding carboxylic acids is 1. The molecule has 1 aromatic carbocycles. The van der Waals surface area contributed by atoms with Crippen LogP contribution in [0.2, 0.25) is 0 Å². The molecule has 0 radical (unpaired) electrons. The van der Waals surface area contributed by atoms with E-state index in [0.717, 1.165) is 38.9 Å². The summed E-state index contributed by atoms with van der Waals surface area (Å²) in [5.74, 6) is 0.170. The molecule has 1 aromatic rings. The van der Waals surface area contributed by atoms with Crippen molar-refractivity contribution < 1.29 is 14.3 Å². The third-order valence-electron chi connectivity index (χ3n) is 5.31. The largest absolute Gasteiger partial charge is 0.380 e. The maximum absolute atomic E-state index is 11.6. The van der Waals surface area contributed by atoms with Crippen LogP contribution >= 0.6 is 0 Å². The molecule has 1 amide bonds. The molecule has 0 aromatic heterocycles. The molecule has 2 atom stereocenters. The van der Waals surface area contributed by atoms with Crippen LogP contribution in [-0.4, -0.2) is 43.7 Å². The predicted molar refractivity (Wildman–Crippen MR) is 92.2 cm³/mol. The first-order valence-electron chi connectivity index (χ1n) is 8.87. The summed E-state index contributed by atoms with van der Waals surface area (Å²) in [6.07, 6.45) is 2.97. The molecule has 0 unspecified atom stereocenters. The van der Waals surface area contributed by atoms with Crippen LogP contribution in [0.1, 0.15) is 30.4 Å². The zero-order valence-corrected chi connectivity index (χ0v) is 14.4. The molecule has 2 saturated heterocycles. The Bertz CT molecular complexity index is 555. The number of primary amides is 1. The van der Waals surface area contributed by atoms with E-state index in [1.807, 2.05) is 0 Å². The number of benzene rings is 1. The van der Waals surface area contributed by atoms with Crippen molar-refractivity contribution in [3.05, 3.63) is 35.4 Å². The van der Waals surface area contributed by atoms with Crippen LogP contribution in [0, 0.1) is 11.8 Å². The van der Waals surface area contributed by atoms with Crippen molar-refractivity contribution in [1.82, 2.24) is 4.90 Å². The first kappa shape index (κ1) is 17.4. The number of nitrogens with zero attached hydrogens (tertiary/aromatic N) is 1. The van der Waals surface area contributed by atoms with Gasteiger partial charge in [-0.15, -0.1) is 0 Å². The summed E-state index contributed by atoms with van der Waals surface area (Å²) in [6.45, 7) is 4.39. The fourth-order valence-corrected chi connectivity index (χ4v) is 4.06. The average molecular weight is 332 g/mol. The highest BCUT2D eigenvalue weighted by Gasteiger charge is 2.39. The van der Waals surface area contributed by atoms with Crippen molar-refractivity contribution in [1.29, 1.82) is 0 Å². The number of hydrogen-bond acceptors (Lipinski definition) is 4. The number of methoxy groups -OCH3 is 1. The number of ether oxygens (including phenoxy) is 2. The first-order valence-corrected chi connectivity index (χ1v) is 8.87. The van der Waals surface area contributed by atoms with Crippen LogP contribution < -0.4 is 5.73 Å². The summed E-state index contributed by atoms with van der Waals surface area (Å²) in [5, 5.41) is 0. The SMILES string of the molecule is COCc1cccc(CN2CCC([C@H]3OCC[C@@H]3C(N)=O)CC2)c1. The third kappa shape index (κ3) is 4.15. The number of piperidine rings is 1. The van der Waals surface area contributed by atoms with Crippen molar-refractivity contribution in [2.45, 2.75) is 38.5 Å². The summed E-state index contributed by atoms with van der Waals surface area (Å²) in [7, 11) is 1.72. The second-order valence-corrected chi connectivity index (χ2v) is 7.00. The van der Waals surface area contributed by atoms with Gasteiger partial charge in [-0.05, 0) is 49.4 Å². The Labute approximate surface area is 144 Å². The van der Waals surface area contributed by atoms with Gasteiger partial charge in [0.2, 0.25) is 5.91 Å². The average Bonchev–Trinajstić information content (AvgIpc) is 3.06. The highest BCUT2D eigenvalue weighted by atomic mass is 16.5. The van der Waals surface area contributed by atoms with Gasteiger partial charge in [-0.1, -0.05) is 24.3 Å². The smallest absolute Gasteiger partial charge is 0.223 e. The van der Waals surface area contributed by atoms with Gasteiger partial charge >= 0.3 is 0 Å². The van der Waals surface area contributed by atoms with Gasteiger partial charge < -0.3 is 15.2 Å². The third-order valence-corrected chi connectivity index (χ3v) is 5.31. The number of hydrogen-bond donors (Lipinski definition) is 1. The van der Waals surface area contributed by atoms with Gasteiger partial charge in [-0.2, -0.15) is 0 Å². The lowest BCUT2D eigenvalue weighted by Gasteiger charge is -2.35. The number of nitrogens with two attached hydrogens (primary N) is 1. The Morgan fingerprint density at radius 3 is 2.75 bits per heavy atom. The fraction of sp³-hybridized carbons (Fsp3) is 0.632. The lowest BCUT2D eigenvalue weighted by atomic mass is 9.84. The molecule has 132 valence electrons. The molecule has 24 heavy (non-hydrogen) atoms. The van der Waals surface area contributed by atoms with Crippen molar-refractivity contribution in [2.75, 3.05) is 26.8 Å². The van der Waals surface area contributed by atoms with Gasteiger partial charge in [0.25, 0.3) is 0 Å². The lowest BCUT2D eigenvalue weighted by molar-refractivity contribution is -0.124. The van der Waals surface area contributed by atoms with E-state index in [9.17, 15) is 4.79 Å². The van der Waals surface area contributed by atoms with Gasteiger partial charge in [0.1, 0.15) is 0 Å². The van der Waals surface area contributed by atoms with Crippen LogP contribution in [0.5, 0.6) is 0 Å². The number of carbonyl (C=O) groups is 1. The molecule has 2 aliphatic rings. The van der Waals surface area contributed by atoms with E-state index in [1.54, 1.807) is 7.11 Å². The van der Waals surface area contributed by atoms with Crippen molar-refractivity contribution in [2.24, 2.45) is 17.6 Å². The molecule has 2 fully saturated rings. The Morgan fingerprint density at radius 1 is 1.29 bits per heavy atom. The zero-order valence-electron chi connectivity index (χ0n) is 14.4. The van der Waals surface area contributed by atoms with Gasteiger partial charge in [-0.25, -0.2) is 0 Å². The van der Waals surface area contributed by atoms with E-state index >= 15 is 0 Å². The maximum atomic E-state index is 11.6. The molecule has 3 rings (SSSR count). The van der Waals surface area contributed by atoms with Gasteiger partial charge in [0, 0.05) is 20.3 Å². The minimum atomic E-state index is -0.199. The zero-order chi connectivity index (χ0) is 16.9. The first-order chi connectivity index (χ1) is 11.7. The molecular weight excluding hydrogens is 304 g/mol. The molecule has 5 nitrogen and oxygen atoms in total. The van der Waals surface area contributed by atoms with E-state index in [4.69, 9.17) is 15.2 Å². The van der Waals surface area contributed by atoms with E-state index in [2.05, 4.69) is 29.2 Å². The number of amides is 1. The summed E-state index contributed by atoms with van der Waals surface area (Å²) in [6, 6.07) is 8.59. The molecule has 0 bridgehead atoms. The Balaban J connectivity index is 1.52. The van der Waals surface area contributed by atoms with E-state index in [-0.39, 0.29) is 17.9 Å². The molecule has 2 heterocycles. The van der Waals surface area contributed by atoms with Gasteiger partial charge in [-0.3, -0.25) is 9.69 Å². The van der Waals surface area contributed by atoms with E-state index in [0.29, 0.717) is 19.1 Å². The van der Waals surface area contributed by atoms with Crippen LogP contribution in [-0.2, 0) is 27.4 Å². The standard InChI is InChI=1S/C19H28N2O3/c1-23-13-15-4-2-3-14(11-15)12-21-8-5-16(6-9-21)18-17(19(20)22)7-10-24-18/h2-4,11,16-18H,5-10,12-13H2,1H3,(H2,20,22)/t17-,18+/m0/s1. The van der Waals surface area contributed by atoms with Crippen LogP contribution in [0.4, 0.5) is 0 Å². The Morgan fingerprint density at radius 2 is 2.04 bits per heavy atom. The van der Waals surface area contributed by atoms with Gasteiger partial charge in [0.15, 0.2) is 0 Å². The summed E-state index contributed by atoms with van der Waals surface area (Å²) in [5.41, 5.74) is 8.07. The monoisotopic (exact) mass is 332 g/mol. The van der Waals surface area contributed by atoms with Crippen molar-refractivity contribution in [3.8, 4) is 0 Å². The van der Waals surface area contributed by atoms with Crippen LogP contribution in [0.3, 0.4) is 0 Å². The van der Waals surface area contributed by atoms with Crippen LogP contribution in [0.25, 0.3) is 0 Å². The quantitative estimate of drug-likeness (QED) is 0.864. The summed E-state index contributed by atoms with van der Waals surface area (Å²) in [4.78, 5) is 14.0. The minimum Gasteiger partial charge on any atom is -0.380 e. The van der Waals surface area contributed by atoms with E-state index in [1.165, 1.54) is 11.1 Å². The summed E-state index contributed by atoms with van der Waals surface area (Å²) >= 11 is 0. The molecule has 0 saturated carbocycles. The second-order valence-electron chi connectivity index (χ2n) is 7.00. The maximum Gasteiger partial charge on any atom is 0.223 e. The molecule has 0 aliphatic carbocycles. The fourth-order valence-electron chi connectivity index (χ4n) is 4.06. The van der Waals surface area contributed by atoms with Crippen molar-refractivity contribution in [3.63, 3.8) is 0 Å². The Kier molecular flexibility index (Phi) is 5.87. The molecule has 2 aliphatic heterocycles. The second kappa shape index (κ2) is 8.10. The normalized spacial score (nSPS) is 25.9. The molecule has 5 heteroatoms. The molecule has 2 N–H and O–H groups in total. The van der Waals surface area contributed by atoms with Crippen LogP contribution in [0.15, 0.2) is 24.3 Å². The topological polar surface area (TPSA) is 64.8 Å².